The summed E-state index contributed by atoms with van der Waals surface area (Å²) in [6.07, 6.45) is 1.96. The molecule has 0 N–H and O–H groups in total. The molecule has 49 heavy (non-hydrogen) atoms. The molecule has 4 nitrogen and oxygen atoms in total. The van der Waals surface area contributed by atoms with Crippen LogP contribution in [0.3, 0.4) is 0 Å². The average Bonchev–Trinajstić information content (AvgIpc) is 3.65. The molecule has 3 heterocycles. The molecule has 0 atom stereocenters. The van der Waals surface area contributed by atoms with Crippen LogP contribution in [0.15, 0.2) is 128 Å². The number of hydrogen-bond donors (Lipinski definition) is 0. The van der Waals surface area contributed by atoms with E-state index in [1.165, 1.54) is 71.5 Å². The third-order valence-electron chi connectivity index (χ3n) is 10.6. The standard InChI is InChI=1S/C44H44N4Si/c1-30-14-12-15-31(2)43(30)32-24-25-45-42(26-32)48-38-19-9-8-18-36(38)37-23-22-35(28-41(37)48)49(6,7)34-17-13-16-33(27-34)46-29-47(44(3,4)5)40-21-11-10-20-39(40)46/h8-28H,29H2,1-7H3. The summed E-state index contributed by atoms with van der Waals surface area (Å²) in [4.78, 5) is 9.96. The number of pyridine rings is 1. The number of benzene rings is 5. The monoisotopic (exact) mass is 656 g/mol. The SMILES string of the molecule is Cc1cccc(C)c1-c1ccnc(-n2c3ccccc3c3ccc([Si](C)(C)c4cccc(N5CN(C(C)(C)C)c6ccccc65)c4)cc32)c1. The van der Waals surface area contributed by atoms with Gasteiger partial charge in [0.25, 0.3) is 0 Å². The molecule has 2 aromatic heterocycles. The van der Waals surface area contributed by atoms with E-state index >= 15 is 0 Å². The minimum atomic E-state index is -2.13. The van der Waals surface area contributed by atoms with Crippen molar-refractivity contribution >= 4 is 57.3 Å². The molecular weight excluding hydrogens is 613 g/mol. The van der Waals surface area contributed by atoms with Gasteiger partial charge in [-0.25, -0.2) is 4.98 Å². The van der Waals surface area contributed by atoms with E-state index in [1.54, 1.807) is 0 Å². The fourth-order valence-corrected chi connectivity index (χ4v) is 10.2. The van der Waals surface area contributed by atoms with Crippen molar-refractivity contribution < 1.29 is 0 Å². The largest absolute Gasteiger partial charge is 0.347 e. The molecule has 0 fully saturated rings. The zero-order chi connectivity index (χ0) is 34.1. The Morgan fingerprint density at radius 3 is 2.08 bits per heavy atom. The van der Waals surface area contributed by atoms with Crippen molar-refractivity contribution in [1.29, 1.82) is 0 Å². The van der Waals surface area contributed by atoms with Crippen molar-refractivity contribution in [2.24, 2.45) is 0 Å². The van der Waals surface area contributed by atoms with Crippen LogP contribution in [0, 0.1) is 13.8 Å². The van der Waals surface area contributed by atoms with Gasteiger partial charge in [0, 0.05) is 28.2 Å². The third-order valence-corrected chi connectivity index (χ3v) is 14.1. The smallest absolute Gasteiger partial charge is 0.138 e. The maximum absolute atomic E-state index is 4.98. The zero-order valence-electron chi connectivity index (χ0n) is 29.6. The lowest BCUT2D eigenvalue weighted by Crippen LogP contribution is -2.53. The molecule has 0 saturated carbocycles. The summed E-state index contributed by atoms with van der Waals surface area (Å²) in [5, 5.41) is 5.34. The second kappa shape index (κ2) is 11.5. The second-order valence-corrected chi connectivity index (χ2v) is 19.5. The van der Waals surface area contributed by atoms with E-state index in [0.717, 1.165) is 12.5 Å². The minimum absolute atomic E-state index is 0.0253. The van der Waals surface area contributed by atoms with Gasteiger partial charge >= 0.3 is 0 Å². The molecule has 0 amide bonds. The highest BCUT2D eigenvalue weighted by Gasteiger charge is 2.34. The van der Waals surface area contributed by atoms with Gasteiger partial charge in [-0.3, -0.25) is 4.57 Å². The fraction of sp³-hybridized carbons (Fsp3) is 0.205. The molecule has 7 aromatic rings. The van der Waals surface area contributed by atoms with Crippen molar-refractivity contribution in [3.05, 3.63) is 139 Å². The Morgan fingerprint density at radius 2 is 1.31 bits per heavy atom. The summed E-state index contributed by atoms with van der Waals surface area (Å²) >= 11 is 0. The van der Waals surface area contributed by atoms with Crippen LogP contribution in [0.1, 0.15) is 31.9 Å². The first-order chi connectivity index (χ1) is 23.5. The highest BCUT2D eigenvalue weighted by atomic mass is 28.3. The minimum Gasteiger partial charge on any atom is -0.347 e. The molecule has 0 spiro atoms. The van der Waals surface area contributed by atoms with E-state index in [-0.39, 0.29) is 5.54 Å². The Morgan fingerprint density at radius 1 is 0.633 bits per heavy atom. The van der Waals surface area contributed by atoms with Crippen LogP contribution < -0.4 is 20.2 Å². The molecule has 5 heteroatoms. The van der Waals surface area contributed by atoms with Gasteiger partial charge in [-0.2, -0.15) is 0 Å². The van der Waals surface area contributed by atoms with Gasteiger partial charge in [0.15, 0.2) is 0 Å². The second-order valence-electron chi connectivity index (χ2n) is 15.1. The number of anilines is 3. The van der Waals surface area contributed by atoms with E-state index in [9.17, 15) is 0 Å². The van der Waals surface area contributed by atoms with Crippen molar-refractivity contribution in [2.75, 3.05) is 16.5 Å². The van der Waals surface area contributed by atoms with Gasteiger partial charge in [0.1, 0.15) is 13.9 Å². The lowest BCUT2D eigenvalue weighted by Gasteiger charge is -2.34. The number of nitrogens with zero attached hydrogens (tertiary/aromatic N) is 4. The van der Waals surface area contributed by atoms with Crippen LogP contribution >= 0.6 is 0 Å². The molecule has 5 aromatic carbocycles. The molecule has 0 saturated heterocycles. The first-order valence-electron chi connectivity index (χ1n) is 17.3. The van der Waals surface area contributed by atoms with Crippen LogP contribution in [0.25, 0.3) is 38.8 Å². The van der Waals surface area contributed by atoms with Gasteiger partial charge in [0.2, 0.25) is 0 Å². The Labute approximate surface area is 291 Å². The highest BCUT2D eigenvalue weighted by molar-refractivity contribution is 7.00. The molecule has 1 aliphatic heterocycles. The Kier molecular flexibility index (Phi) is 7.31. The number of aromatic nitrogens is 2. The summed E-state index contributed by atoms with van der Waals surface area (Å²) < 4.78 is 2.37. The molecular formula is C44H44N4Si. The fourth-order valence-electron chi connectivity index (χ4n) is 7.81. The van der Waals surface area contributed by atoms with Crippen molar-refractivity contribution in [2.45, 2.75) is 53.3 Å². The maximum atomic E-state index is 4.98. The van der Waals surface area contributed by atoms with Crippen LogP contribution in [-0.2, 0) is 0 Å². The van der Waals surface area contributed by atoms with Crippen LogP contribution in [-0.4, -0.2) is 29.8 Å². The average molecular weight is 657 g/mol. The quantitative estimate of drug-likeness (QED) is 0.172. The number of rotatable bonds is 5. The van der Waals surface area contributed by atoms with Crippen molar-refractivity contribution in [1.82, 2.24) is 9.55 Å². The summed E-state index contributed by atoms with van der Waals surface area (Å²) in [6, 6.07) is 45.0. The summed E-state index contributed by atoms with van der Waals surface area (Å²) in [5.74, 6) is 0.945. The Bertz CT molecular complexity index is 2360. The predicted octanol–water partition coefficient (Wildman–Crippen LogP) is 10.00. The number of fused-ring (bicyclic) bond motifs is 4. The molecule has 8 rings (SSSR count). The lowest BCUT2D eigenvalue weighted by atomic mass is 9.96. The first-order valence-corrected chi connectivity index (χ1v) is 20.3. The molecule has 0 bridgehead atoms. The van der Waals surface area contributed by atoms with Gasteiger partial charge < -0.3 is 9.80 Å². The van der Waals surface area contributed by atoms with E-state index < -0.39 is 8.07 Å². The first kappa shape index (κ1) is 31.2. The normalized spacial score (nSPS) is 13.4. The van der Waals surface area contributed by atoms with E-state index in [1.807, 2.05) is 6.20 Å². The highest BCUT2D eigenvalue weighted by Crippen LogP contribution is 2.43. The van der Waals surface area contributed by atoms with Crippen LogP contribution in [0.2, 0.25) is 13.1 Å². The lowest BCUT2D eigenvalue weighted by molar-refractivity contribution is 0.518. The third kappa shape index (κ3) is 5.15. The predicted molar refractivity (Wildman–Crippen MR) is 212 cm³/mol. The molecule has 1 aliphatic rings. The van der Waals surface area contributed by atoms with E-state index in [0.29, 0.717) is 0 Å². The van der Waals surface area contributed by atoms with Gasteiger partial charge in [0.05, 0.1) is 29.1 Å². The molecule has 0 radical (unpaired) electrons. The van der Waals surface area contributed by atoms with E-state index in [4.69, 9.17) is 4.98 Å². The number of aryl methyl sites for hydroxylation is 2. The number of para-hydroxylation sites is 3. The van der Waals surface area contributed by atoms with Crippen LogP contribution in [0.5, 0.6) is 0 Å². The summed E-state index contributed by atoms with van der Waals surface area (Å²) in [6.45, 7) is 17.1. The summed E-state index contributed by atoms with van der Waals surface area (Å²) in [5.41, 5.74) is 11.3. The van der Waals surface area contributed by atoms with Gasteiger partial charge in [-0.15, -0.1) is 0 Å². The van der Waals surface area contributed by atoms with Crippen molar-refractivity contribution in [3.63, 3.8) is 0 Å². The molecule has 0 aliphatic carbocycles. The maximum Gasteiger partial charge on any atom is 0.138 e. The Hall–Kier alpha value is -5.13. The topological polar surface area (TPSA) is 24.3 Å². The van der Waals surface area contributed by atoms with Crippen LogP contribution in [0.4, 0.5) is 17.1 Å². The van der Waals surface area contributed by atoms with Gasteiger partial charge in [-0.05, 0) is 105 Å². The molecule has 244 valence electrons. The molecule has 0 unspecified atom stereocenters. The summed E-state index contributed by atoms with van der Waals surface area (Å²) in [7, 11) is -2.13. The van der Waals surface area contributed by atoms with Gasteiger partial charge in [-0.1, -0.05) is 96.3 Å². The number of hydrogen-bond acceptors (Lipinski definition) is 3. The zero-order valence-corrected chi connectivity index (χ0v) is 30.6. The van der Waals surface area contributed by atoms with Crippen molar-refractivity contribution in [3.8, 4) is 16.9 Å². The Balaban J connectivity index is 1.24. The van der Waals surface area contributed by atoms with E-state index in [2.05, 4.69) is 183 Å².